The fraction of sp³-hybridized carbons (Fsp3) is 0.320. The minimum atomic E-state index is -1.65. The first-order chi connectivity index (χ1) is 16.3. The molecule has 9 heteroatoms. The molecule has 0 unspecified atom stereocenters. The molecule has 0 aliphatic carbocycles. The maximum atomic E-state index is 13.6. The highest BCUT2D eigenvalue weighted by atomic mass is 127. The molecule has 0 radical (unpaired) electrons. The van der Waals surface area contributed by atoms with E-state index in [1.165, 1.54) is 0 Å². The Hall–Kier alpha value is -2.08. The quantitative estimate of drug-likeness (QED) is 0.272. The van der Waals surface area contributed by atoms with Crippen molar-refractivity contribution in [2.45, 2.75) is 38.5 Å². The summed E-state index contributed by atoms with van der Waals surface area (Å²) in [5.41, 5.74) is 1.45. The summed E-state index contributed by atoms with van der Waals surface area (Å²) in [6.07, 6.45) is 6.83. The Balaban J connectivity index is 1.53. The van der Waals surface area contributed by atoms with E-state index in [-0.39, 0.29) is 12.5 Å². The molecule has 0 saturated heterocycles. The van der Waals surface area contributed by atoms with Gasteiger partial charge in [-0.1, -0.05) is 52.4 Å². The van der Waals surface area contributed by atoms with Crippen LogP contribution in [0.2, 0.25) is 0 Å². The number of allylic oxidation sites excluding steroid dienone is 1. The standard InChI is InChI=1S/C25H26BrIN4O3/c1-17(5-2-3-11-30-16-21(10-12-32)28-29-30)25(34)22-14-19(26)8-9-23(22)31(24(25)33)15-18-6-4-7-20(27)13-18/h2,4-9,13-14,16-17,32,34H,3,10-12,15H2,1H3/b5-2+/t17-,25+/m0/s1. The highest BCUT2D eigenvalue weighted by Gasteiger charge is 2.52. The molecule has 2 aromatic carbocycles. The number of nitrogens with zero attached hydrogens (tertiary/aromatic N) is 4. The number of fused-ring (bicyclic) bond motifs is 1. The molecular formula is C25H26BrIN4O3. The SMILES string of the molecule is C[C@@H](/C=C/CCn1cc(CCO)nn1)[C@]1(O)C(=O)N(Cc2cccc(I)c2)c2ccc(Br)cc21. The average molecular weight is 637 g/mol. The molecule has 0 saturated carbocycles. The molecule has 1 aliphatic heterocycles. The van der Waals surface area contributed by atoms with Crippen molar-refractivity contribution in [1.29, 1.82) is 0 Å². The number of hydrogen-bond donors (Lipinski definition) is 2. The van der Waals surface area contributed by atoms with E-state index >= 15 is 0 Å². The lowest BCUT2D eigenvalue weighted by atomic mass is 9.83. The number of rotatable bonds is 9. The van der Waals surface area contributed by atoms with Crippen LogP contribution in [0.25, 0.3) is 0 Å². The van der Waals surface area contributed by atoms with Crippen molar-refractivity contribution >= 4 is 50.1 Å². The van der Waals surface area contributed by atoms with Crippen molar-refractivity contribution in [2.24, 2.45) is 5.92 Å². The van der Waals surface area contributed by atoms with Gasteiger partial charge in [0.15, 0.2) is 5.60 Å². The predicted molar refractivity (Wildman–Crippen MR) is 142 cm³/mol. The molecule has 1 aliphatic rings. The highest BCUT2D eigenvalue weighted by molar-refractivity contribution is 14.1. The maximum absolute atomic E-state index is 13.6. The molecule has 2 atom stereocenters. The first-order valence-corrected chi connectivity index (χ1v) is 13.0. The van der Waals surface area contributed by atoms with Crippen molar-refractivity contribution < 1.29 is 15.0 Å². The molecule has 34 heavy (non-hydrogen) atoms. The Labute approximate surface area is 220 Å². The first kappa shape index (κ1) is 25.0. The maximum Gasteiger partial charge on any atom is 0.264 e. The number of halogens is 2. The summed E-state index contributed by atoms with van der Waals surface area (Å²) < 4.78 is 3.64. The van der Waals surface area contributed by atoms with Gasteiger partial charge >= 0.3 is 0 Å². The monoisotopic (exact) mass is 636 g/mol. The summed E-state index contributed by atoms with van der Waals surface area (Å²) in [5, 5.41) is 28.9. The second kappa shape index (κ2) is 10.7. The number of anilines is 1. The van der Waals surface area contributed by atoms with Gasteiger partial charge in [0.05, 0.1) is 17.9 Å². The third-order valence-corrected chi connectivity index (χ3v) is 7.19. The van der Waals surface area contributed by atoms with E-state index in [4.69, 9.17) is 5.11 Å². The number of aryl methyl sites for hydroxylation is 1. The number of carbonyl (C=O) groups is 1. The lowest BCUT2D eigenvalue weighted by Crippen LogP contribution is -2.44. The second-order valence-electron chi connectivity index (χ2n) is 8.40. The number of aliphatic hydroxyl groups excluding tert-OH is 1. The van der Waals surface area contributed by atoms with Crippen molar-refractivity contribution in [3.05, 3.63) is 85.7 Å². The zero-order chi connectivity index (χ0) is 24.3. The van der Waals surface area contributed by atoms with Crippen LogP contribution in [0.15, 0.2) is 65.3 Å². The smallest absolute Gasteiger partial charge is 0.264 e. The highest BCUT2D eigenvalue weighted by Crippen LogP contribution is 2.46. The minimum Gasteiger partial charge on any atom is -0.396 e. The van der Waals surface area contributed by atoms with Gasteiger partial charge in [0, 0.05) is 45.3 Å². The molecule has 4 rings (SSSR count). The van der Waals surface area contributed by atoms with E-state index in [0.29, 0.717) is 31.5 Å². The molecule has 0 fully saturated rings. The summed E-state index contributed by atoms with van der Waals surface area (Å²) in [5.74, 6) is -0.754. The van der Waals surface area contributed by atoms with Gasteiger partial charge in [-0.05, 0) is 64.9 Å². The van der Waals surface area contributed by atoms with Crippen LogP contribution in [0.1, 0.15) is 30.2 Å². The third kappa shape index (κ3) is 5.12. The number of amides is 1. The first-order valence-electron chi connectivity index (χ1n) is 11.1. The van der Waals surface area contributed by atoms with Crippen molar-refractivity contribution in [1.82, 2.24) is 15.0 Å². The summed E-state index contributed by atoms with van der Waals surface area (Å²) in [7, 11) is 0. The summed E-state index contributed by atoms with van der Waals surface area (Å²) in [6.45, 7) is 2.92. The molecular weight excluding hydrogens is 611 g/mol. The molecule has 1 amide bonds. The Bertz CT molecular complexity index is 1210. The molecule has 3 aromatic rings. The van der Waals surface area contributed by atoms with Crippen LogP contribution >= 0.6 is 38.5 Å². The fourth-order valence-electron chi connectivity index (χ4n) is 4.22. The second-order valence-corrected chi connectivity index (χ2v) is 10.6. The lowest BCUT2D eigenvalue weighted by molar-refractivity contribution is -0.139. The minimum absolute atomic E-state index is 0.0425. The molecule has 7 nitrogen and oxygen atoms in total. The lowest BCUT2D eigenvalue weighted by Gasteiger charge is -2.27. The van der Waals surface area contributed by atoms with E-state index < -0.39 is 11.5 Å². The summed E-state index contributed by atoms with van der Waals surface area (Å²) in [4.78, 5) is 15.3. The predicted octanol–water partition coefficient (Wildman–Crippen LogP) is 4.20. The molecule has 2 heterocycles. The summed E-state index contributed by atoms with van der Waals surface area (Å²) >= 11 is 5.75. The molecule has 0 bridgehead atoms. The number of aromatic nitrogens is 3. The van der Waals surface area contributed by atoms with Crippen LogP contribution in [0.3, 0.4) is 0 Å². The van der Waals surface area contributed by atoms with Crippen molar-refractivity contribution in [3.8, 4) is 0 Å². The van der Waals surface area contributed by atoms with Gasteiger partial charge in [0.1, 0.15) is 0 Å². The topological polar surface area (TPSA) is 91.5 Å². The third-order valence-electron chi connectivity index (χ3n) is 6.02. The Morgan fingerprint density at radius 3 is 2.85 bits per heavy atom. The van der Waals surface area contributed by atoms with Crippen LogP contribution < -0.4 is 4.90 Å². The van der Waals surface area contributed by atoms with Gasteiger partial charge in [0.2, 0.25) is 0 Å². The summed E-state index contributed by atoms with van der Waals surface area (Å²) in [6, 6.07) is 13.6. The fourth-order valence-corrected chi connectivity index (χ4v) is 5.19. The van der Waals surface area contributed by atoms with Gasteiger partial charge in [-0.25, -0.2) is 0 Å². The van der Waals surface area contributed by atoms with E-state index in [1.807, 2.05) is 67.7 Å². The zero-order valence-corrected chi connectivity index (χ0v) is 22.5. The van der Waals surface area contributed by atoms with Crippen molar-refractivity contribution in [2.75, 3.05) is 11.5 Å². The van der Waals surface area contributed by atoms with Crippen LogP contribution in [-0.2, 0) is 29.9 Å². The number of carbonyl (C=O) groups excluding carboxylic acids is 1. The largest absolute Gasteiger partial charge is 0.396 e. The van der Waals surface area contributed by atoms with E-state index in [0.717, 1.165) is 25.0 Å². The normalized spacial score (nSPS) is 18.6. The van der Waals surface area contributed by atoms with E-state index in [9.17, 15) is 9.90 Å². The molecule has 0 spiro atoms. The number of benzene rings is 2. The Kier molecular flexibility index (Phi) is 7.86. The van der Waals surface area contributed by atoms with Gasteiger partial charge < -0.3 is 15.1 Å². The van der Waals surface area contributed by atoms with E-state index in [1.54, 1.807) is 9.58 Å². The van der Waals surface area contributed by atoms with Crippen LogP contribution in [-0.4, -0.2) is 37.7 Å². The number of hydrogen-bond acceptors (Lipinski definition) is 5. The Morgan fingerprint density at radius 1 is 1.26 bits per heavy atom. The molecule has 1 aromatic heterocycles. The van der Waals surface area contributed by atoms with Crippen LogP contribution in [0.4, 0.5) is 5.69 Å². The molecule has 2 N–H and O–H groups in total. The van der Waals surface area contributed by atoms with Gasteiger partial charge in [-0.2, -0.15) is 0 Å². The van der Waals surface area contributed by atoms with E-state index in [2.05, 4.69) is 48.8 Å². The van der Waals surface area contributed by atoms with Gasteiger partial charge in [-0.3, -0.25) is 9.48 Å². The Morgan fingerprint density at radius 2 is 2.09 bits per heavy atom. The average Bonchev–Trinajstić information content (AvgIpc) is 3.34. The number of aliphatic hydroxyl groups is 2. The molecule has 178 valence electrons. The zero-order valence-electron chi connectivity index (χ0n) is 18.7. The van der Waals surface area contributed by atoms with Crippen LogP contribution in [0, 0.1) is 9.49 Å². The van der Waals surface area contributed by atoms with Crippen LogP contribution in [0.5, 0.6) is 0 Å². The van der Waals surface area contributed by atoms with Gasteiger partial charge in [-0.15, -0.1) is 5.10 Å². The van der Waals surface area contributed by atoms with Gasteiger partial charge in [0.25, 0.3) is 5.91 Å². The van der Waals surface area contributed by atoms with Crippen molar-refractivity contribution in [3.63, 3.8) is 0 Å².